The van der Waals surface area contributed by atoms with Crippen LogP contribution in [0.5, 0.6) is 0 Å². The molecule has 1 amide bonds. The van der Waals surface area contributed by atoms with Crippen LogP contribution < -0.4 is 4.90 Å². The molecule has 28 heavy (non-hydrogen) atoms. The zero-order chi connectivity index (χ0) is 19.1. The molecule has 0 fully saturated rings. The molecule has 0 aliphatic carbocycles. The lowest BCUT2D eigenvalue weighted by atomic mass is 9.86. The zero-order valence-electron chi connectivity index (χ0n) is 15.0. The number of anilines is 1. The van der Waals surface area contributed by atoms with Gasteiger partial charge in [-0.3, -0.25) is 14.7 Å². The standard InChI is InChI=1S/C23H17ClN2OS/c24-17-12-10-16(11-13-17)21-18(14-15-6-2-1-3-7-15)22(27)26-19-8-4-5-9-20(19)28-23(26)25-21/h1-13,18,21H,14H2/t18-,21+/m0/s1. The Labute approximate surface area is 173 Å². The number of thioether (sulfide) groups is 1. The normalized spacial score (nSPS) is 20.5. The summed E-state index contributed by atoms with van der Waals surface area (Å²) in [6.45, 7) is 0. The Bertz CT molecular complexity index is 1070. The molecule has 0 radical (unpaired) electrons. The second-order valence-corrected chi connectivity index (χ2v) is 8.39. The van der Waals surface area contributed by atoms with Gasteiger partial charge in [0.25, 0.3) is 0 Å². The predicted molar refractivity (Wildman–Crippen MR) is 115 cm³/mol. The average molecular weight is 405 g/mol. The number of nitrogens with zero attached hydrogens (tertiary/aromatic N) is 2. The van der Waals surface area contributed by atoms with Crippen molar-refractivity contribution in [2.45, 2.75) is 17.4 Å². The van der Waals surface area contributed by atoms with E-state index in [-0.39, 0.29) is 17.9 Å². The van der Waals surface area contributed by atoms with E-state index in [1.54, 1.807) is 16.7 Å². The molecule has 0 saturated carbocycles. The molecule has 3 aromatic rings. The van der Waals surface area contributed by atoms with Crippen LogP contribution in [-0.2, 0) is 11.2 Å². The number of hydrogen-bond acceptors (Lipinski definition) is 3. The molecule has 138 valence electrons. The number of para-hydroxylation sites is 1. The zero-order valence-corrected chi connectivity index (χ0v) is 16.5. The third-order valence-electron chi connectivity index (χ3n) is 5.18. The highest BCUT2D eigenvalue weighted by molar-refractivity contribution is 8.15. The van der Waals surface area contributed by atoms with Gasteiger partial charge >= 0.3 is 0 Å². The van der Waals surface area contributed by atoms with Crippen molar-refractivity contribution in [1.29, 1.82) is 0 Å². The van der Waals surface area contributed by atoms with E-state index in [9.17, 15) is 4.79 Å². The Kier molecular flexibility index (Phi) is 4.46. The van der Waals surface area contributed by atoms with Crippen LogP contribution in [0.3, 0.4) is 0 Å². The number of rotatable bonds is 3. The summed E-state index contributed by atoms with van der Waals surface area (Å²) in [5.74, 6) is -0.162. The second-order valence-electron chi connectivity index (χ2n) is 6.95. The summed E-state index contributed by atoms with van der Waals surface area (Å²) in [6, 6.07) is 25.6. The fourth-order valence-electron chi connectivity index (χ4n) is 3.82. The maximum atomic E-state index is 13.6. The van der Waals surface area contributed by atoms with Crippen LogP contribution in [0.15, 0.2) is 88.8 Å². The van der Waals surface area contributed by atoms with Crippen LogP contribution in [0.2, 0.25) is 5.02 Å². The fourth-order valence-corrected chi connectivity index (χ4v) is 4.99. The molecule has 0 bridgehead atoms. The molecule has 2 aliphatic rings. The second kappa shape index (κ2) is 7.12. The Morgan fingerprint density at radius 3 is 2.43 bits per heavy atom. The van der Waals surface area contributed by atoms with Crippen LogP contribution in [0.4, 0.5) is 5.69 Å². The quantitative estimate of drug-likeness (QED) is 0.556. The van der Waals surface area contributed by atoms with E-state index in [1.807, 2.05) is 66.7 Å². The minimum absolute atomic E-state index is 0.103. The first-order chi connectivity index (χ1) is 13.7. The molecule has 0 saturated heterocycles. The van der Waals surface area contributed by atoms with Gasteiger partial charge in [-0.2, -0.15) is 0 Å². The van der Waals surface area contributed by atoms with Crippen LogP contribution >= 0.6 is 23.4 Å². The lowest BCUT2D eigenvalue weighted by Crippen LogP contribution is -2.44. The molecular weight excluding hydrogens is 388 g/mol. The number of hydrogen-bond donors (Lipinski definition) is 0. The van der Waals surface area contributed by atoms with E-state index in [0.29, 0.717) is 11.4 Å². The summed E-state index contributed by atoms with van der Waals surface area (Å²) in [7, 11) is 0. The number of amides is 1. The highest BCUT2D eigenvalue weighted by atomic mass is 35.5. The number of amidine groups is 1. The fraction of sp³-hybridized carbons (Fsp3) is 0.130. The van der Waals surface area contributed by atoms with Crippen molar-refractivity contribution in [3.05, 3.63) is 95.0 Å². The largest absolute Gasteiger partial charge is 0.274 e. The van der Waals surface area contributed by atoms with E-state index in [0.717, 1.165) is 26.9 Å². The maximum absolute atomic E-state index is 13.6. The van der Waals surface area contributed by atoms with Gasteiger partial charge in [-0.05, 0) is 53.6 Å². The van der Waals surface area contributed by atoms with Crippen LogP contribution in [-0.4, -0.2) is 11.1 Å². The topological polar surface area (TPSA) is 32.7 Å². The molecule has 3 aromatic carbocycles. The van der Waals surface area contributed by atoms with Gasteiger partial charge < -0.3 is 0 Å². The minimum Gasteiger partial charge on any atom is -0.274 e. The number of halogens is 1. The molecule has 2 atom stereocenters. The van der Waals surface area contributed by atoms with Gasteiger partial charge in [0.2, 0.25) is 5.91 Å². The lowest BCUT2D eigenvalue weighted by molar-refractivity contribution is -0.122. The van der Waals surface area contributed by atoms with Crippen LogP contribution in [0, 0.1) is 5.92 Å². The SMILES string of the molecule is O=C1[C@@H](Cc2ccccc2)[C@@H](c2ccc(Cl)cc2)N=C2Sc3ccccc3N12. The molecule has 2 aliphatic heterocycles. The number of benzene rings is 3. The third kappa shape index (κ3) is 3.03. The first-order valence-electron chi connectivity index (χ1n) is 9.19. The summed E-state index contributed by atoms with van der Waals surface area (Å²) >= 11 is 7.64. The Hall–Kier alpha value is -2.56. The summed E-state index contributed by atoms with van der Waals surface area (Å²) in [4.78, 5) is 21.5. The van der Waals surface area contributed by atoms with Crippen LogP contribution in [0.25, 0.3) is 0 Å². The van der Waals surface area contributed by atoms with Gasteiger partial charge in [0, 0.05) is 9.92 Å². The molecule has 3 nitrogen and oxygen atoms in total. The Balaban J connectivity index is 1.60. The summed E-state index contributed by atoms with van der Waals surface area (Å²) in [5, 5.41) is 1.44. The number of aliphatic imine (C=N–C) groups is 1. The predicted octanol–water partition coefficient (Wildman–Crippen LogP) is 5.75. The number of carbonyl (C=O) groups excluding carboxylic acids is 1. The third-order valence-corrected chi connectivity index (χ3v) is 6.46. The van der Waals surface area contributed by atoms with Crippen molar-refractivity contribution < 1.29 is 4.79 Å². The first-order valence-corrected chi connectivity index (χ1v) is 10.4. The van der Waals surface area contributed by atoms with Gasteiger partial charge in [-0.15, -0.1) is 0 Å². The number of carbonyl (C=O) groups is 1. The van der Waals surface area contributed by atoms with Gasteiger partial charge in [0.1, 0.15) is 0 Å². The van der Waals surface area contributed by atoms with Gasteiger partial charge in [0.05, 0.1) is 17.6 Å². The highest BCUT2D eigenvalue weighted by Gasteiger charge is 2.43. The van der Waals surface area contributed by atoms with Crippen molar-refractivity contribution in [2.75, 3.05) is 4.90 Å². The van der Waals surface area contributed by atoms with E-state index >= 15 is 0 Å². The van der Waals surface area contributed by atoms with Gasteiger partial charge in [0.15, 0.2) is 5.17 Å². The molecule has 5 heteroatoms. The monoisotopic (exact) mass is 404 g/mol. The Morgan fingerprint density at radius 1 is 0.929 bits per heavy atom. The molecule has 0 aromatic heterocycles. The smallest absolute Gasteiger partial charge is 0.239 e. The van der Waals surface area contributed by atoms with Gasteiger partial charge in [-0.25, -0.2) is 0 Å². The van der Waals surface area contributed by atoms with Crippen LogP contribution in [0.1, 0.15) is 17.2 Å². The first kappa shape index (κ1) is 17.5. The van der Waals surface area contributed by atoms with Crippen molar-refractivity contribution in [1.82, 2.24) is 0 Å². The molecule has 5 rings (SSSR count). The maximum Gasteiger partial charge on any atom is 0.239 e. The van der Waals surface area contributed by atoms with E-state index in [4.69, 9.17) is 16.6 Å². The summed E-state index contributed by atoms with van der Waals surface area (Å²) < 4.78 is 0. The minimum atomic E-state index is -0.265. The van der Waals surface area contributed by atoms with Gasteiger partial charge in [-0.1, -0.05) is 66.2 Å². The summed E-state index contributed by atoms with van der Waals surface area (Å²) in [5.41, 5.74) is 3.09. The van der Waals surface area contributed by atoms with Crippen molar-refractivity contribution in [3.63, 3.8) is 0 Å². The Morgan fingerprint density at radius 2 is 1.64 bits per heavy atom. The molecular formula is C23H17ClN2OS. The van der Waals surface area contributed by atoms with E-state index < -0.39 is 0 Å². The van der Waals surface area contributed by atoms with E-state index in [1.165, 1.54) is 0 Å². The molecule has 2 heterocycles. The van der Waals surface area contributed by atoms with Crippen molar-refractivity contribution in [2.24, 2.45) is 10.9 Å². The molecule has 0 unspecified atom stereocenters. The van der Waals surface area contributed by atoms with E-state index in [2.05, 4.69) is 12.1 Å². The molecule has 0 N–H and O–H groups in total. The van der Waals surface area contributed by atoms with Crippen molar-refractivity contribution in [3.8, 4) is 0 Å². The summed E-state index contributed by atoms with van der Waals surface area (Å²) in [6.07, 6.45) is 0.646. The average Bonchev–Trinajstić information content (AvgIpc) is 3.10. The molecule has 0 spiro atoms. The van der Waals surface area contributed by atoms with Crippen molar-refractivity contribution >= 4 is 40.1 Å². The lowest BCUT2D eigenvalue weighted by Gasteiger charge is -2.33. The highest BCUT2D eigenvalue weighted by Crippen LogP contribution is 2.46. The number of fused-ring (bicyclic) bond motifs is 3.